The summed E-state index contributed by atoms with van der Waals surface area (Å²) in [6, 6.07) is 6.42. The number of benzene rings is 1. The number of rotatable bonds is 6. The third-order valence-corrected chi connectivity index (χ3v) is 3.46. The molecule has 5 heteroatoms. The Kier molecular flexibility index (Phi) is 6.21. The van der Waals surface area contributed by atoms with Crippen LogP contribution in [0, 0.1) is 6.92 Å². The Hall–Kier alpha value is -1.59. The Morgan fingerprint density at radius 3 is 3.00 bits per heavy atom. The van der Waals surface area contributed by atoms with Gasteiger partial charge >= 0.3 is 0 Å². The summed E-state index contributed by atoms with van der Waals surface area (Å²) < 4.78 is 5.73. The number of aliphatic hydroxyl groups excluding tert-OH is 1. The summed E-state index contributed by atoms with van der Waals surface area (Å²) in [5, 5.41) is 17.3. The molecule has 0 saturated heterocycles. The maximum atomic E-state index is 9.84. The maximum Gasteiger partial charge on any atom is 0.144 e. The summed E-state index contributed by atoms with van der Waals surface area (Å²) in [6.45, 7) is 7.50. The van der Waals surface area contributed by atoms with Gasteiger partial charge < -0.3 is 20.0 Å². The highest BCUT2D eigenvalue weighted by Crippen LogP contribution is 2.25. The van der Waals surface area contributed by atoms with Crippen molar-refractivity contribution in [2.75, 3.05) is 19.8 Å². The zero-order chi connectivity index (χ0) is 15.9. The fourth-order valence-electron chi connectivity index (χ4n) is 2.28. The molecule has 1 unspecified atom stereocenters. The summed E-state index contributed by atoms with van der Waals surface area (Å²) in [7, 11) is 0. The van der Waals surface area contributed by atoms with Gasteiger partial charge in [-0.25, -0.2) is 0 Å². The summed E-state index contributed by atoms with van der Waals surface area (Å²) in [6.07, 6.45) is 1.16. The minimum atomic E-state index is -0.564. The molecule has 1 heterocycles. The first-order valence-corrected chi connectivity index (χ1v) is 7.90. The van der Waals surface area contributed by atoms with Crippen molar-refractivity contribution >= 4 is 5.71 Å². The van der Waals surface area contributed by atoms with Crippen molar-refractivity contribution in [2.24, 2.45) is 5.16 Å². The van der Waals surface area contributed by atoms with Crippen molar-refractivity contribution < 1.29 is 14.7 Å². The van der Waals surface area contributed by atoms with Crippen molar-refractivity contribution in [3.8, 4) is 5.75 Å². The molecular formula is C17H26N2O3. The second-order valence-electron chi connectivity index (χ2n) is 6.00. The second kappa shape index (κ2) is 8.15. The maximum absolute atomic E-state index is 9.84. The van der Waals surface area contributed by atoms with Gasteiger partial charge in [-0.3, -0.25) is 0 Å². The molecule has 0 amide bonds. The zero-order valence-electron chi connectivity index (χ0n) is 13.6. The van der Waals surface area contributed by atoms with Gasteiger partial charge in [0.1, 0.15) is 18.5 Å². The molecule has 1 aliphatic heterocycles. The summed E-state index contributed by atoms with van der Waals surface area (Å²) in [5.41, 5.74) is 3.05. The monoisotopic (exact) mass is 306 g/mol. The number of ether oxygens (including phenoxy) is 1. The lowest BCUT2D eigenvalue weighted by Crippen LogP contribution is -2.34. The molecule has 0 aromatic heterocycles. The Labute approximate surface area is 132 Å². The van der Waals surface area contributed by atoms with E-state index in [0.29, 0.717) is 19.2 Å². The molecular weight excluding hydrogens is 280 g/mol. The van der Waals surface area contributed by atoms with E-state index in [1.165, 1.54) is 0 Å². The number of hydrogen-bond donors (Lipinski definition) is 2. The molecule has 0 fully saturated rings. The van der Waals surface area contributed by atoms with Crippen LogP contribution in [0.2, 0.25) is 0 Å². The van der Waals surface area contributed by atoms with E-state index in [4.69, 9.17) is 9.57 Å². The van der Waals surface area contributed by atoms with Crippen molar-refractivity contribution in [2.45, 2.75) is 45.8 Å². The van der Waals surface area contributed by atoms with Crippen LogP contribution in [0.25, 0.3) is 0 Å². The molecule has 0 aliphatic carbocycles. The van der Waals surface area contributed by atoms with Gasteiger partial charge in [-0.15, -0.1) is 0 Å². The molecule has 1 atom stereocenters. The SMILES string of the molecule is Cc1ccc2c(c1)/C(=N/OCC(O)CNC(C)C)CCCO2. The lowest BCUT2D eigenvalue weighted by Gasteiger charge is -2.13. The molecule has 22 heavy (non-hydrogen) atoms. The Morgan fingerprint density at radius 1 is 1.41 bits per heavy atom. The first kappa shape index (κ1) is 16.8. The van der Waals surface area contributed by atoms with E-state index in [1.54, 1.807) is 0 Å². The number of nitrogens with one attached hydrogen (secondary N) is 1. The number of aliphatic hydroxyl groups is 1. The molecule has 0 spiro atoms. The fourth-order valence-corrected chi connectivity index (χ4v) is 2.28. The van der Waals surface area contributed by atoms with Crippen LogP contribution in [0.15, 0.2) is 23.4 Å². The predicted octanol–water partition coefficient (Wildman–Crippen LogP) is 2.25. The number of oxime groups is 1. The van der Waals surface area contributed by atoms with Crippen LogP contribution >= 0.6 is 0 Å². The van der Waals surface area contributed by atoms with Crippen molar-refractivity contribution in [1.82, 2.24) is 5.32 Å². The number of hydrogen-bond acceptors (Lipinski definition) is 5. The summed E-state index contributed by atoms with van der Waals surface area (Å²) >= 11 is 0. The molecule has 1 aromatic rings. The Balaban J connectivity index is 1.98. The number of nitrogens with zero attached hydrogens (tertiary/aromatic N) is 1. The van der Waals surface area contributed by atoms with Gasteiger partial charge in [0.05, 0.1) is 12.3 Å². The van der Waals surface area contributed by atoms with E-state index in [9.17, 15) is 5.11 Å². The Bertz CT molecular complexity index is 515. The Morgan fingerprint density at radius 2 is 2.23 bits per heavy atom. The first-order chi connectivity index (χ1) is 10.6. The molecule has 1 aromatic carbocycles. The standard InChI is InChI=1S/C17H26N2O3/c1-12(2)18-10-14(20)11-22-19-16-5-4-8-21-17-7-6-13(3)9-15(16)17/h6-7,9,12,14,18,20H,4-5,8,10-11H2,1-3H3/b19-16+. The average Bonchev–Trinajstić information content (AvgIpc) is 2.67. The lowest BCUT2D eigenvalue weighted by atomic mass is 10.0. The van der Waals surface area contributed by atoms with Crippen LogP contribution in [0.5, 0.6) is 5.75 Å². The van der Waals surface area contributed by atoms with E-state index in [1.807, 2.05) is 32.9 Å². The van der Waals surface area contributed by atoms with E-state index in [0.717, 1.165) is 35.4 Å². The van der Waals surface area contributed by atoms with Gasteiger partial charge in [-0.1, -0.05) is 30.6 Å². The molecule has 2 rings (SSSR count). The van der Waals surface area contributed by atoms with E-state index in [-0.39, 0.29) is 6.61 Å². The molecule has 0 saturated carbocycles. The minimum Gasteiger partial charge on any atom is -0.493 e. The lowest BCUT2D eigenvalue weighted by molar-refractivity contribution is 0.0392. The highest BCUT2D eigenvalue weighted by atomic mass is 16.6. The highest BCUT2D eigenvalue weighted by Gasteiger charge is 2.16. The third kappa shape index (κ3) is 5.00. The molecule has 0 radical (unpaired) electrons. The number of fused-ring (bicyclic) bond motifs is 1. The smallest absolute Gasteiger partial charge is 0.144 e. The van der Waals surface area contributed by atoms with E-state index in [2.05, 4.69) is 16.5 Å². The van der Waals surface area contributed by atoms with Crippen LogP contribution in [0.3, 0.4) is 0 Å². The van der Waals surface area contributed by atoms with Crippen LogP contribution in [-0.4, -0.2) is 42.7 Å². The second-order valence-corrected chi connectivity index (χ2v) is 6.00. The number of aryl methyl sites for hydroxylation is 1. The molecule has 1 aliphatic rings. The van der Waals surface area contributed by atoms with E-state index < -0.39 is 6.10 Å². The van der Waals surface area contributed by atoms with Gasteiger partial charge in [-0.2, -0.15) is 0 Å². The summed E-state index contributed by atoms with van der Waals surface area (Å²) in [4.78, 5) is 5.36. The van der Waals surface area contributed by atoms with Crippen molar-refractivity contribution in [1.29, 1.82) is 0 Å². The van der Waals surface area contributed by atoms with Gasteiger partial charge in [0.25, 0.3) is 0 Å². The van der Waals surface area contributed by atoms with E-state index >= 15 is 0 Å². The molecule has 5 nitrogen and oxygen atoms in total. The van der Waals surface area contributed by atoms with Crippen LogP contribution in [-0.2, 0) is 4.84 Å². The van der Waals surface area contributed by atoms with Crippen LogP contribution in [0.4, 0.5) is 0 Å². The average molecular weight is 306 g/mol. The van der Waals surface area contributed by atoms with Crippen LogP contribution < -0.4 is 10.1 Å². The quantitative estimate of drug-likeness (QED) is 0.791. The van der Waals surface area contributed by atoms with Crippen LogP contribution in [0.1, 0.15) is 37.8 Å². The normalized spacial score (nSPS) is 17.8. The topological polar surface area (TPSA) is 63.1 Å². The summed E-state index contributed by atoms with van der Waals surface area (Å²) in [5.74, 6) is 0.854. The van der Waals surface area contributed by atoms with Crippen molar-refractivity contribution in [3.05, 3.63) is 29.3 Å². The van der Waals surface area contributed by atoms with Crippen molar-refractivity contribution in [3.63, 3.8) is 0 Å². The zero-order valence-corrected chi connectivity index (χ0v) is 13.6. The van der Waals surface area contributed by atoms with Gasteiger partial charge in [-0.05, 0) is 31.9 Å². The highest BCUT2D eigenvalue weighted by molar-refractivity contribution is 6.03. The molecule has 2 N–H and O–H groups in total. The molecule has 122 valence electrons. The first-order valence-electron chi connectivity index (χ1n) is 7.90. The van der Waals surface area contributed by atoms with Gasteiger partial charge in [0.15, 0.2) is 0 Å². The third-order valence-electron chi connectivity index (χ3n) is 3.46. The van der Waals surface area contributed by atoms with Gasteiger partial charge in [0, 0.05) is 18.2 Å². The predicted molar refractivity (Wildman–Crippen MR) is 87.5 cm³/mol. The molecule has 0 bridgehead atoms. The van der Waals surface area contributed by atoms with Gasteiger partial charge in [0.2, 0.25) is 0 Å². The fraction of sp³-hybridized carbons (Fsp3) is 0.588. The largest absolute Gasteiger partial charge is 0.493 e. The minimum absolute atomic E-state index is 0.186.